The molecule has 0 aromatic carbocycles. The number of hydrogen-bond donors (Lipinski definition) is 0. The van der Waals surface area contributed by atoms with Crippen molar-refractivity contribution in [2.75, 3.05) is 18.8 Å². The standard InChI is InChI=1S/C14H15NO3S/c16-14(11-4-8-17-10-11)15-5-3-13(19-9-6-15)12-2-1-7-18-12/h1-2,4,7-8,10,13H,3,5-6,9H2/t13-/m0/s1. The number of carbonyl (C=O) groups is 1. The number of rotatable bonds is 2. The van der Waals surface area contributed by atoms with Crippen LogP contribution in [0.25, 0.3) is 0 Å². The number of thioether (sulfide) groups is 1. The molecule has 0 saturated carbocycles. The molecule has 2 aromatic heterocycles. The van der Waals surface area contributed by atoms with Gasteiger partial charge in [0.1, 0.15) is 12.0 Å². The minimum Gasteiger partial charge on any atom is -0.472 e. The topological polar surface area (TPSA) is 46.6 Å². The van der Waals surface area contributed by atoms with Gasteiger partial charge >= 0.3 is 0 Å². The lowest BCUT2D eigenvalue weighted by Crippen LogP contribution is -2.32. The summed E-state index contributed by atoms with van der Waals surface area (Å²) >= 11 is 1.85. The summed E-state index contributed by atoms with van der Waals surface area (Å²) in [6.07, 6.45) is 5.66. The van der Waals surface area contributed by atoms with Crippen molar-refractivity contribution in [1.82, 2.24) is 4.90 Å². The summed E-state index contributed by atoms with van der Waals surface area (Å²) in [6.45, 7) is 1.52. The second-order valence-electron chi connectivity index (χ2n) is 4.47. The Morgan fingerprint density at radius 2 is 2.26 bits per heavy atom. The van der Waals surface area contributed by atoms with Crippen LogP contribution in [0.2, 0.25) is 0 Å². The first-order chi connectivity index (χ1) is 9.34. The predicted molar refractivity (Wildman–Crippen MR) is 73.1 cm³/mol. The molecule has 0 N–H and O–H groups in total. The highest BCUT2D eigenvalue weighted by molar-refractivity contribution is 7.99. The largest absolute Gasteiger partial charge is 0.472 e. The quantitative estimate of drug-likeness (QED) is 0.845. The van der Waals surface area contributed by atoms with Gasteiger partial charge in [-0.05, 0) is 24.6 Å². The van der Waals surface area contributed by atoms with Crippen LogP contribution in [0.1, 0.15) is 27.8 Å². The molecule has 5 heteroatoms. The third-order valence-electron chi connectivity index (χ3n) is 3.26. The van der Waals surface area contributed by atoms with Crippen molar-refractivity contribution in [3.8, 4) is 0 Å². The van der Waals surface area contributed by atoms with Crippen LogP contribution >= 0.6 is 11.8 Å². The smallest absolute Gasteiger partial charge is 0.257 e. The summed E-state index contributed by atoms with van der Waals surface area (Å²) in [5, 5.41) is 0.345. The van der Waals surface area contributed by atoms with Gasteiger partial charge in [-0.2, -0.15) is 0 Å². The molecule has 2 aromatic rings. The molecule has 100 valence electrons. The Labute approximate surface area is 115 Å². The number of carbonyl (C=O) groups excluding carboxylic acids is 1. The summed E-state index contributed by atoms with van der Waals surface area (Å²) in [4.78, 5) is 14.1. The molecule has 0 spiro atoms. The van der Waals surface area contributed by atoms with E-state index in [0.29, 0.717) is 10.8 Å². The van der Waals surface area contributed by atoms with E-state index in [2.05, 4.69) is 0 Å². The highest BCUT2D eigenvalue weighted by atomic mass is 32.2. The monoisotopic (exact) mass is 277 g/mol. The van der Waals surface area contributed by atoms with E-state index in [1.807, 2.05) is 28.8 Å². The molecule has 1 fully saturated rings. The van der Waals surface area contributed by atoms with Crippen molar-refractivity contribution in [3.63, 3.8) is 0 Å². The Bertz CT molecular complexity index is 521. The number of nitrogens with zero attached hydrogens (tertiary/aromatic N) is 1. The van der Waals surface area contributed by atoms with Crippen molar-refractivity contribution >= 4 is 17.7 Å². The van der Waals surface area contributed by atoms with E-state index >= 15 is 0 Å². The maximum Gasteiger partial charge on any atom is 0.257 e. The van der Waals surface area contributed by atoms with Crippen molar-refractivity contribution in [3.05, 3.63) is 48.3 Å². The Balaban J connectivity index is 1.66. The van der Waals surface area contributed by atoms with Gasteiger partial charge in [-0.15, -0.1) is 11.8 Å². The number of furan rings is 2. The molecule has 0 bridgehead atoms. The van der Waals surface area contributed by atoms with Crippen LogP contribution in [0.15, 0.2) is 45.8 Å². The Hall–Kier alpha value is -1.62. The van der Waals surface area contributed by atoms with Crippen LogP contribution in [0, 0.1) is 0 Å². The van der Waals surface area contributed by atoms with E-state index < -0.39 is 0 Å². The van der Waals surface area contributed by atoms with Crippen LogP contribution in [0.3, 0.4) is 0 Å². The van der Waals surface area contributed by atoms with E-state index in [-0.39, 0.29) is 5.91 Å². The molecule has 1 aliphatic heterocycles. The van der Waals surface area contributed by atoms with Crippen LogP contribution < -0.4 is 0 Å². The predicted octanol–water partition coefficient (Wildman–Crippen LogP) is 3.19. The van der Waals surface area contributed by atoms with E-state index in [1.54, 1.807) is 12.3 Å². The SMILES string of the molecule is O=C(c1ccoc1)N1CCS[C@H](c2ccco2)CC1. The van der Waals surface area contributed by atoms with E-state index in [9.17, 15) is 4.79 Å². The third-order valence-corrected chi connectivity index (χ3v) is 4.55. The van der Waals surface area contributed by atoms with Gasteiger partial charge in [0.05, 0.1) is 23.3 Å². The summed E-state index contributed by atoms with van der Waals surface area (Å²) in [5.74, 6) is 1.98. The van der Waals surface area contributed by atoms with E-state index in [0.717, 1.165) is 31.0 Å². The van der Waals surface area contributed by atoms with Gasteiger partial charge < -0.3 is 13.7 Å². The molecule has 0 aliphatic carbocycles. The lowest BCUT2D eigenvalue weighted by Gasteiger charge is -2.19. The van der Waals surface area contributed by atoms with Crippen LogP contribution in [-0.2, 0) is 0 Å². The molecule has 0 radical (unpaired) electrons. The van der Waals surface area contributed by atoms with Crippen molar-refractivity contribution in [2.24, 2.45) is 0 Å². The molecule has 19 heavy (non-hydrogen) atoms. The second-order valence-corrected chi connectivity index (χ2v) is 5.78. The van der Waals surface area contributed by atoms with Gasteiger partial charge in [0.25, 0.3) is 5.91 Å². The fourth-order valence-corrected chi connectivity index (χ4v) is 3.42. The Morgan fingerprint density at radius 1 is 1.32 bits per heavy atom. The maximum atomic E-state index is 12.2. The maximum absolute atomic E-state index is 12.2. The second kappa shape index (κ2) is 5.57. The van der Waals surface area contributed by atoms with E-state index in [1.165, 1.54) is 12.5 Å². The van der Waals surface area contributed by atoms with Crippen molar-refractivity contribution < 1.29 is 13.6 Å². The molecule has 3 rings (SSSR count). The average molecular weight is 277 g/mol. The van der Waals surface area contributed by atoms with Gasteiger partial charge in [-0.1, -0.05) is 0 Å². The summed E-state index contributed by atoms with van der Waals surface area (Å²) in [7, 11) is 0. The first kappa shape index (κ1) is 12.4. The fourth-order valence-electron chi connectivity index (χ4n) is 2.24. The normalized spacial score (nSPS) is 20.2. The molecular weight excluding hydrogens is 262 g/mol. The first-order valence-electron chi connectivity index (χ1n) is 6.31. The van der Waals surface area contributed by atoms with Crippen molar-refractivity contribution in [1.29, 1.82) is 0 Å². The highest BCUT2D eigenvalue weighted by Crippen LogP contribution is 2.34. The minimum absolute atomic E-state index is 0.0504. The zero-order chi connectivity index (χ0) is 13.1. The number of hydrogen-bond acceptors (Lipinski definition) is 4. The Morgan fingerprint density at radius 3 is 3.00 bits per heavy atom. The average Bonchev–Trinajstić information content (AvgIpc) is 3.08. The van der Waals surface area contributed by atoms with Crippen molar-refractivity contribution in [2.45, 2.75) is 11.7 Å². The summed E-state index contributed by atoms with van der Waals surface area (Å²) < 4.78 is 10.4. The highest BCUT2D eigenvalue weighted by Gasteiger charge is 2.24. The Kier molecular flexibility index (Phi) is 3.64. The fraction of sp³-hybridized carbons (Fsp3) is 0.357. The first-order valence-corrected chi connectivity index (χ1v) is 7.36. The third kappa shape index (κ3) is 2.71. The summed E-state index contributed by atoms with van der Waals surface area (Å²) in [6, 6.07) is 5.63. The molecule has 1 atom stereocenters. The molecule has 0 unspecified atom stereocenters. The lowest BCUT2D eigenvalue weighted by molar-refractivity contribution is 0.0765. The van der Waals surface area contributed by atoms with Gasteiger partial charge in [0, 0.05) is 18.8 Å². The minimum atomic E-state index is 0.0504. The van der Waals surface area contributed by atoms with Gasteiger partial charge in [0.2, 0.25) is 0 Å². The molecule has 1 saturated heterocycles. The van der Waals surface area contributed by atoms with Crippen LogP contribution in [-0.4, -0.2) is 29.6 Å². The van der Waals surface area contributed by atoms with Gasteiger partial charge in [-0.25, -0.2) is 0 Å². The molecular formula is C14H15NO3S. The molecule has 3 heterocycles. The molecule has 4 nitrogen and oxygen atoms in total. The number of amides is 1. The van der Waals surface area contributed by atoms with Crippen LogP contribution in [0.4, 0.5) is 0 Å². The van der Waals surface area contributed by atoms with Crippen LogP contribution in [0.5, 0.6) is 0 Å². The zero-order valence-electron chi connectivity index (χ0n) is 10.5. The summed E-state index contributed by atoms with van der Waals surface area (Å²) in [5.41, 5.74) is 0.626. The van der Waals surface area contributed by atoms with Gasteiger partial charge in [0.15, 0.2) is 0 Å². The van der Waals surface area contributed by atoms with E-state index in [4.69, 9.17) is 8.83 Å². The van der Waals surface area contributed by atoms with Gasteiger partial charge in [-0.3, -0.25) is 4.79 Å². The molecule has 1 amide bonds. The molecule has 1 aliphatic rings. The zero-order valence-corrected chi connectivity index (χ0v) is 11.3. The lowest BCUT2D eigenvalue weighted by atomic mass is 10.2.